The molecule has 0 fully saturated rings. The van der Waals surface area contributed by atoms with Crippen LogP contribution in [0.3, 0.4) is 0 Å². The van der Waals surface area contributed by atoms with E-state index in [1.807, 2.05) is 29.5 Å². The number of allylic oxidation sites excluding steroid dienone is 5. The van der Waals surface area contributed by atoms with Crippen LogP contribution >= 0.6 is 11.3 Å². The Kier molecular flexibility index (Phi) is 6.85. The molecule has 1 aliphatic rings. The van der Waals surface area contributed by atoms with Crippen molar-refractivity contribution in [1.82, 2.24) is 0 Å². The molecule has 2 aromatic heterocycles. The first-order valence-electron chi connectivity index (χ1n) is 16.5. The number of para-hydroxylation sites is 1. The van der Waals surface area contributed by atoms with Crippen molar-refractivity contribution < 1.29 is 4.42 Å². The van der Waals surface area contributed by atoms with E-state index >= 15 is 0 Å². The van der Waals surface area contributed by atoms with Crippen LogP contribution in [0.1, 0.15) is 18.4 Å². The molecule has 0 saturated heterocycles. The lowest BCUT2D eigenvalue weighted by Gasteiger charge is -2.12. The van der Waals surface area contributed by atoms with Gasteiger partial charge in [0.1, 0.15) is 11.2 Å². The summed E-state index contributed by atoms with van der Waals surface area (Å²) in [5.41, 5.74) is 6.36. The normalized spacial score (nSPS) is 17.7. The van der Waals surface area contributed by atoms with Gasteiger partial charge in [-0.2, -0.15) is 0 Å². The molecule has 0 radical (unpaired) electrons. The fraction of sp³-hybridized carbons (Fsp3) is 0.0435. The minimum Gasteiger partial charge on any atom is -0.455 e. The Morgan fingerprint density at radius 3 is 2.25 bits per heavy atom. The largest absolute Gasteiger partial charge is 0.455 e. The number of furan rings is 1. The molecule has 8 aromatic rings. The number of rotatable bonds is 3. The molecule has 228 valence electrons. The van der Waals surface area contributed by atoms with E-state index in [0.29, 0.717) is 0 Å². The second-order valence-corrected chi connectivity index (χ2v) is 13.5. The van der Waals surface area contributed by atoms with Gasteiger partial charge >= 0.3 is 0 Å². The summed E-state index contributed by atoms with van der Waals surface area (Å²) < 4.78 is 9.23. The van der Waals surface area contributed by atoms with Crippen molar-refractivity contribution in [3.63, 3.8) is 0 Å². The van der Waals surface area contributed by atoms with Crippen LogP contribution in [0.5, 0.6) is 0 Å². The molecule has 0 bridgehead atoms. The molecular formula is C46H32OS. The highest BCUT2D eigenvalue weighted by Gasteiger charge is 2.19. The summed E-state index contributed by atoms with van der Waals surface area (Å²) in [6.45, 7) is 8.87. The molecule has 0 saturated carbocycles. The molecule has 1 aliphatic carbocycles. The van der Waals surface area contributed by atoms with E-state index < -0.39 is 0 Å². The molecule has 0 atom stereocenters. The standard InChI is InChI=1S/C46H32OS/c1-29-15-7-8-16-31(29)27-30(2)32-17-5-3-4-6-18-35(34-20-10-9-19-33(32)34)41-28-40-37(44-39-22-12-14-24-43(39)48-46(41)44)25-26-38-36-21-11-13-23-42(36)47-45(38)40/h5-28H,1-4H2/b17-5+,18-6+,31-27-,33-32+,35-34+. The summed E-state index contributed by atoms with van der Waals surface area (Å²) >= 11 is 1.88. The Hall–Kier alpha value is -5.70. The van der Waals surface area contributed by atoms with Crippen molar-refractivity contribution in [2.75, 3.05) is 0 Å². The van der Waals surface area contributed by atoms with Crippen LogP contribution in [0.2, 0.25) is 0 Å². The van der Waals surface area contributed by atoms with E-state index in [9.17, 15) is 0 Å². The minimum absolute atomic E-state index is 0.915. The number of thiophene rings is 1. The first-order chi connectivity index (χ1) is 23.7. The molecule has 0 unspecified atom stereocenters. The maximum Gasteiger partial charge on any atom is 0.143 e. The molecule has 2 heterocycles. The molecule has 0 aliphatic heterocycles. The van der Waals surface area contributed by atoms with E-state index in [1.54, 1.807) is 0 Å². The Morgan fingerprint density at radius 2 is 1.38 bits per heavy atom. The zero-order chi connectivity index (χ0) is 32.2. The molecule has 9 rings (SSSR count). The molecule has 0 amide bonds. The lowest BCUT2D eigenvalue weighted by molar-refractivity contribution is 0.672. The molecule has 1 nitrogen and oxygen atoms in total. The molecule has 6 aromatic carbocycles. The van der Waals surface area contributed by atoms with Gasteiger partial charge in [-0.25, -0.2) is 0 Å². The lowest BCUT2D eigenvalue weighted by atomic mass is 9.92. The summed E-state index contributed by atoms with van der Waals surface area (Å²) in [6, 6.07) is 41.1. The monoisotopic (exact) mass is 632 g/mol. The predicted octanol–water partition coefficient (Wildman–Crippen LogP) is 9.81. The van der Waals surface area contributed by atoms with Crippen LogP contribution in [0, 0.1) is 0 Å². The Morgan fingerprint density at radius 1 is 0.667 bits per heavy atom. The maximum absolute atomic E-state index is 6.65. The van der Waals surface area contributed by atoms with Crippen LogP contribution in [-0.2, 0) is 0 Å². The summed E-state index contributed by atoms with van der Waals surface area (Å²) in [4.78, 5) is 0. The van der Waals surface area contributed by atoms with Crippen LogP contribution in [0.15, 0.2) is 156 Å². The zero-order valence-corrected chi connectivity index (χ0v) is 27.3. The minimum atomic E-state index is 0.915. The van der Waals surface area contributed by atoms with Gasteiger partial charge in [0.15, 0.2) is 0 Å². The fourth-order valence-corrected chi connectivity index (χ4v) is 8.51. The fourth-order valence-electron chi connectivity index (χ4n) is 7.27. The first-order valence-corrected chi connectivity index (χ1v) is 17.3. The summed E-state index contributed by atoms with van der Waals surface area (Å²) in [5.74, 6) is 0. The van der Waals surface area contributed by atoms with Gasteiger partial charge < -0.3 is 4.42 Å². The number of hydrogen-bond acceptors (Lipinski definition) is 2. The second-order valence-electron chi connectivity index (χ2n) is 12.5. The van der Waals surface area contributed by atoms with Gasteiger partial charge in [-0.05, 0) is 86.2 Å². The highest BCUT2D eigenvalue weighted by Crippen LogP contribution is 2.45. The van der Waals surface area contributed by atoms with E-state index in [1.165, 1.54) is 41.9 Å². The van der Waals surface area contributed by atoms with Crippen molar-refractivity contribution >= 4 is 88.0 Å². The number of benzene rings is 6. The molecule has 2 heteroatoms. The Bertz CT molecular complexity index is 2930. The highest BCUT2D eigenvalue weighted by molar-refractivity contribution is 7.26. The quantitative estimate of drug-likeness (QED) is 0.189. The third kappa shape index (κ3) is 4.60. The van der Waals surface area contributed by atoms with Crippen molar-refractivity contribution in [2.24, 2.45) is 0 Å². The zero-order valence-electron chi connectivity index (χ0n) is 26.5. The van der Waals surface area contributed by atoms with Gasteiger partial charge in [0.05, 0.1) is 0 Å². The molecular weight excluding hydrogens is 601 g/mol. The van der Waals surface area contributed by atoms with Gasteiger partial charge in [0.25, 0.3) is 0 Å². The van der Waals surface area contributed by atoms with Crippen molar-refractivity contribution in [3.8, 4) is 0 Å². The van der Waals surface area contributed by atoms with Crippen molar-refractivity contribution in [1.29, 1.82) is 0 Å². The van der Waals surface area contributed by atoms with Crippen LogP contribution in [0.4, 0.5) is 0 Å². The van der Waals surface area contributed by atoms with Gasteiger partial charge in [-0.15, -0.1) is 11.3 Å². The molecule has 0 spiro atoms. The van der Waals surface area contributed by atoms with Gasteiger partial charge in [-0.1, -0.05) is 128 Å². The molecule has 0 N–H and O–H groups in total. The maximum atomic E-state index is 6.65. The van der Waals surface area contributed by atoms with Gasteiger partial charge in [-0.3, -0.25) is 0 Å². The molecule has 48 heavy (non-hydrogen) atoms. The smallest absolute Gasteiger partial charge is 0.143 e. The van der Waals surface area contributed by atoms with Crippen molar-refractivity contribution in [2.45, 2.75) is 12.8 Å². The number of fused-ring (bicyclic) bond motifs is 10. The summed E-state index contributed by atoms with van der Waals surface area (Å²) in [6.07, 6.45) is 13.3. The van der Waals surface area contributed by atoms with Crippen molar-refractivity contribution in [3.05, 3.63) is 178 Å². The first kappa shape index (κ1) is 28.5. The summed E-state index contributed by atoms with van der Waals surface area (Å²) in [7, 11) is 0. The van der Waals surface area contributed by atoms with Crippen LogP contribution in [-0.4, -0.2) is 0 Å². The van der Waals surface area contributed by atoms with Gasteiger partial charge in [0.2, 0.25) is 0 Å². The average Bonchev–Trinajstić information content (AvgIpc) is 3.70. The lowest BCUT2D eigenvalue weighted by Crippen LogP contribution is -2.29. The predicted molar refractivity (Wildman–Crippen MR) is 208 cm³/mol. The van der Waals surface area contributed by atoms with Crippen LogP contribution < -0.4 is 20.9 Å². The van der Waals surface area contributed by atoms with Crippen LogP contribution in [0.25, 0.3) is 76.7 Å². The third-order valence-corrected chi connectivity index (χ3v) is 10.8. The topological polar surface area (TPSA) is 13.1 Å². The second kappa shape index (κ2) is 11.5. The third-order valence-electron chi connectivity index (χ3n) is 9.58. The van der Waals surface area contributed by atoms with Gasteiger partial charge in [0, 0.05) is 41.9 Å². The van der Waals surface area contributed by atoms with E-state index in [2.05, 4.69) is 141 Å². The SMILES string of the molecule is C=C(/C=c1/ccccc1=C)C1=c2\cccc\c2=C(c2cc3c(ccc4c5ccccc5oc43)c3c2sc2ccccc23)\C=C\CC\C=C\1. The summed E-state index contributed by atoms with van der Waals surface area (Å²) in [5, 5.41) is 11.6. The Balaban J connectivity index is 1.46. The highest BCUT2D eigenvalue weighted by atomic mass is 32.1. The van der Waals surface area contributed by atoms with E-state index in [-0.39, 0.29) is 0 Å². The Labute approximate surface area is 282 Å². The average molecular weight is 633 g/mol. The number of hydrogen-bond donors (Lipinski definition) is 0. The van der Waals surface area contributed by atoms with E-state index in [4.69, 9.17) is 4.42 Å². The van der Waals surface area contributed by atoms with E-state index in [0.717, 1.165) is 67.0 Å².